The van der Waals surface area contributed by atoms with E-state index in [-0.39, 0.29) is 6.61 Å². The number of hydroxylamine groups is 1. The fraction of sp³-hybridized carbons (Fsp3) is 0.308. The van der Waals surface area contributed by atoms with E-state index in [2.05, 4.69) is 5.32 Å². The van der Waals surface area contributed by atoms with Crippen molar-refractivity contribution in [2.24, 2.45) is 0 Å². The highest BCUT2D eigenvalue weighted by Gasteiger charge is 2.30. The highest BCUT2D eigenvalue weighted by atomic mass is 35.5. The molecule has 9 heteroatoms. The molecule has 0 heterocycles. The lowest BCUT2D eigenvalue weighted by Gasteiger charge is -2.18. The Hall–Kier alpha value is -2.32. The van der Waals surface area contributed by atoms with Gasteiger partial charge in [-0.15, -0.1) is 11.6 Å². The van der Waals surface area contributed by atoms with Crippen LogP contribution in [0.1, 0.15) is 12.0 Å². The lowest BCUT2D eigenvalue weighted by atomic mass is 10.1. The average Bonchev–Trinajstić information content (AvgIpc) is 2.51. The van der Waals surface area contributed by atoms with Crippen LogP contribution in [0.5, 0.6) is 0 Å². The molecule has 22 heavy (non-hydrogen) atoms. The first-order chi connectivity index (χ1) is 10.4. The number of carbonyl (C=O) groups is 3. The number of carboxylic acids is 1. The van der Waals surface area contributed by atoms with Gasteiger partial charge in [0.15, 0.2) is 0 Å². The molecule has 0 aliphatic rings. The Kier molecular flexibility index (Phi) is 7.14. The number of alkyl carbamates (subject to hydrolysis) is 1. The third-order valence-electron chi connectivity index (χ3n) is 2.62. The summed E-state index contributed by atoms with van der Waals surface area (Å²) < 4.78 is 4.87. The van der Waals surface area contributed by atoms with Gasteiger partial charge in [-0.1, -0.05) is 30.3 Å². The smallest absolute Gasteiger partial charge is 0.408 e. The molecule has 8 nitrogen and oxygen atoms in total. The minimum Gasteiger partial charge on any atom is -0.480 e. The maximum atomic E-state index is 11.6. The molecule has 1 aromatic rings. The molecule has 0 aliphatic carbocycles. The van der Waals surface area contributed by atoms with Gasteiger partial charge in [0, 0.05) is 6.42 Å². The molecule has 0 fully saturated rings. The summed E-state index contributed by atoms with van der Waals surface area (Å²) in [5.74, 6) is -2.30. The number of amides is 2. The molecule has 0 aromatic heterocycles. The summed E-state index contributed by atoms with van der Waals surface area (Å²) in [7, 11) is 0. The number of ether oxygens (including phenoxy) is 1. The molecule has 1 rings (SSSR count). The number of nitrogens with one attached hydrogen (secondary N) is 2. The maximum Gasteiger partial charge on any atom is 0.408 e. The second-order valence-electron chi connectivity index (χ2n) is 4.28. The Labute approximate surface area is 131 Å². The van der Waals surface area contributed by atoms with Crippen LogP contribution in [0.2, 0.25) is 0 Å². The Morgan fingerprint density at radius 2 is 1.86 bits per heavy atom. The van der Waals surface area contributed by atoms with Crippen molar-refractivity contribution in [3.63, 3.8) is 0 Å². The third kappa shape index (κ3) is 5.98. The van der Waals surface area contributed by atoms with Gasteiger partial charge >= 0.3 is 12.1 Å². The van der Waals surface area contributed by atoms with Crippen LogP contribution < -0.4 is 10.8 Å². The standard InChI is InChI=1S/C13H15ClN2O6/c14-9(6-10(17)16-21)11(12(18)19)15-13(20)22-7-8-4-2-1-3-5-8/h1-5,9,11,21H,6-7H2,(H,15,20)(H,16,17)(H,18,19)/t9-,11-/m0/s1. The van der Waals surface area contributed by atoms with E-state index in [0.29, 0.717) is 0 Å². The summed E-state index contributed by atoms with van der Waals surface area (Å²) in [5, 5.41) is 18.2. The molecule has 0 saturated heterocycles. The van der Waals surface area contributed by atoms with Crippen LogP contribution in [0.15, 0.2) is 30.3 Å². The molecule has 2 atom stereocenters. The second kappa shape index (κ2) is 8.85. The number of hydrogen-bond acceptors (Lipinski definition) is 5. The van der Waals surface area contributed by atoms with E-state index in [9.17, 15) is 14.4 Å². The van der Waals surface area contributed by atoms with Crippen LogP contribution in [0, 0.1) is 0 Å². The Morgan fingerprint density at radius 1 is 1.23 bits per heavy atom. The number of rotatable bonds is 7. The van der Waals surface area contributed by atoms with Crippen molar-refractivity contribution in [3.05, 3.63) is 35.9 Å². The van der Waals surface area contributed by atoms with E-state index in [1.807, 2.05) is 0 Å². The number of hydrogen-bond donors (Lipinski definition) is 4. The topological polar surface area (TPSA) is 125 Å². The van der Waals surface area contributed by atoms with E-state index in [1.54, 1.807) is 30.3 Å². The summed E-state index contributed by atoms with van der Waals surface area (Å²) in [5.41, 5.74) is 2.06. The number of benzene rings is 1. The Bertz CT molecular complexity index is 525. The SMILES string of the molecule is O=C(C[C@H](Cl)[C@H](NC(=O)OCc1ccccc1)C(=O)O)NO. The summed E-state index contributed by atoms with van der Waals surface area (Å²) in [6.45, 7) is -0.0386. The van der Waals surface area contributed by atoms with E-state index in [4.69, 9.17) is 26.7 Å². The van der Waals surface area contributed by atoms with Crippen molar-refractivity contribution in [2.45, 2.75) is 24.4 Å². The third-order valence-corrected chi connectivity index (χ3v) is 3.03. The first kappa shape index (κ1) is 17.7. The molecule has 2 amide bonds. The van der Waals surface area contributed by atoms with Gasteiger partial charge in [-0.05, 0) is 5.56 Å². The molecular weight excluding hydrogens is 316 g/mol. The number of aliphatic carboxylic acids is 1. The van der Waals surface area contributed by atoms with Crippen molar-refractivity contribution in [2.75, 3.05) is 0 Å². The predicted octanol–water partition coefficient (Wildman–Crippen LogP) is 0.869. The fourth-order valence-corrected chi connectivity index (χ4v) is 1.85. The van der Waals surface area contributed by atoms with Crippen LogP contribution in [0.3, 0.4) is 0 Å². The molecule has 1 aromatic carbocycles. The zero-order valence-corrected chi connectivity index (χ0v) is 12.1. The van der Waals surface area contributed by atoms with Crippen LogP contribution in [-0.4, -0.2) is 39.7 Å². The minimum absolute atomic E-state index is 0.0386. The van der Waals surface area contributed by atoms with E-state index in [0.717, 1.165) is 5.56 Å². The van der Waals surface area contributed by atoms with Gasteiger partial charge in [0.1, 0.15) is 12.6 Å². The van der Waals surface area contributed by atoms with Crippen LogP contribution >= 0.6 is 11.6 Å². The molecule has 0 radical (unpaired) electrons. The number of carbonyl (C=O) groups excluding carboxylic acids is 2. The van der Waals surface area contributed by atoms with Gasteiger partial charge in [-0.25, -0.2) is 15.1 Å². The van der Waals surface area contributed by atoms with Crippen LogP contribution in [0.4, 0.5) is 4.79 Å². The number of alkyl halides is 1. The Balaban J connectivity index is 2.53. The lowest BCUT2D eigenvalue weighted by Crippen LogP contribution is -2.48. The molecule has 0 aliphatic heterocycles. The van der Waals surface area contributed by atoms with E-state index in [1.165, 1.54) is 5.48 Å². The maximum absolute atomic E-state index is 11.6. The number of carboxylic acid groups (broad SMARTS) is 1. The average molecular weight is 331 g/mol. The molecule has 0 unspecified atom stereocenters. The minimum atomic E-state index is -1.54. The van der Waals surface area contributed by atoms with Crippen LogP contribution in [0.25, 0.3) is 0 Å². The summed E-state index contributed by atoms with van der Waals surface area (Å²) in [6, 6.07) is 7.25. The molecule has 0 bridgehead atoms. The van der Waals surface area contributed by atoms with Crippen molar-refractivity contribution in [1.82, 2.24) is 10.8 Å². The Morgan fingerprint density at radius 3 is 2.41 bits per heavy atom. The molecular formula is C13H15ClN2O6. The largest absolute Gasteiger partial charge is 0.480 e. The summed E-state index contributed by atoms with van der Waals surface area (Å²) in [4.78, 5) is 33.6. The molecule has 0 spiro atoms. The zero-order valence-electron chi connectivity index (χ0n) is 11.4. The normalized spacial score (nSPS) is 12.8. The fourth-order valence-electron chi connectivity index (χ4n) is 1.54. The van der Waals surface area contributed by atoms with E-state index >= 15 is 0 Å². The van der Waals surface area contributed by atoms with Gasteiger partial charge in [0.2, 0.25) is 5.91 Å². The van der Waals surface area contributed by atoms with Gasteiger partial charge in [-0.3, -0.25) is 10.0 Å². The predicted molar refractivity (Wildman–Crippen MR) is 75.4 cm³/mol. The first-order valence-corrected chi connectivity index (χ1v) is 6.64. The summed E-state index contributed by atoms with van der Waals surface area (Å²) in [6.07, 6.45) is -1.47. The van der Waals surface area contributed by atoms with Crippen molar-refractivity contribution in [1.29, 1.82) is 0 Å². The van der Waals surface area contributed by atoms with Crippen molar-refractivity contribution >= 4 is 29.6 Å². The lowest BCUT2D eigenvalue weighted by molar-refractivity contribution is -0.139. The van der Waals surface area contributed by atoms with Crippen molar-refractivity contribution < 1.29 is 29.4 Å². The molecule has 0 saturated carbocycles. The molecule has 4 N–H and O–H groups in total. The number of halogens is 1. The van der Waals surface area contributed by atoms with Gasteiger partial charge < -0.3 is 15.2 Å². The van der Waals surface area contributed by atoms with Crippen molar-refractivity contribution in [3.8, 4) is 0 Å². The molecule has 120 valence electrons. The quantitative estimate of drug-likeness (QED) is 0.334. The zero-order chi connectivity index (χ0) is 16.5. The van der Waals surface area contributed by atoms with Gasteiger partial charge in [0.25, 0.3) is 0 Å². The van der Waals surface area contributed by atoms with Gasteiger partial charge in [0.05, 0.1) is 5.38 Å². The highest BCUT2D eigenvalue weighted by Crippen LogP contribution is 2.09. The van der Waals surface area contributed by atoms with Crippen LogP contribution in [-0.2, 0) is 20.9 Å². The monoisotopic (exact) mass is 330 g/mol. The van der Waals surface area contributed by atoms with Gasteiger partial charge in [-0.2, -0.15) is 0 Å². The van der Waals surface area contributed by atoms with E-state index < -0.39 is 35.8 Å². The summed E-state index contributed by atoms with van der Waals surface area (Å²) >= 11 is 5.75. The second-order valence-corrected chi connectivity index (χ2v) is 4.84. The highest BCUT2D eigenvalue weighted by molar-refractivity contribution is 6.23. The first-order valence-electron chi connectivity index (χ1n) is 6.21.